The maximum Gasteiger partial charge on any atom is 0.0808 e. The Bertz CT molecular complexity index is 865. The molecule has 0 N–H and O–H groups in total. The first-order valence-corrected chi connectivity index (χ1v) is 19.6. The number of hydrogen-bond donors (Lipinski definition) is 0. The summed E-state index contributed by atoms with van der Waals surface area (Å²) in [7, 11) is 0. The van der Waals surface area contributed by atoms with Gasteiger partial charge < -0.3 is 0 Å². The standard InChI is InChI=1S/C8H12S.2C7H11NS.C6H10N2S.4C2H6/c1-8(2,3)7-4-5-9-6-7;1-7(2,3)6-4-9-5-8-6;1-7(2,3)6-4-5-9-8-6;1-6(2,3)5-4-9-8-7-5;4*1-2/h4-6H,1-3H3;2*4-5H,1-3H3;4H,1-3H3;4*1-2H3. The number of aromatic nitrogens is 4. The van der Waals surface area contributed by atoms with E-state index in [-0.39, 0.29) is 16.2 Å². The van der Waals surface area contributed by atoms with Gasteiger partial charge in [0.25, 0.3) is 0 Å². The van der Waals surface area contributed by atoms with Crippen LogP contribution in [-0.2, 0) is 21.7 Å². The minimum Gasteiger partial charge on any atom is -0.249 e. The van der Waals surface area contributed by atoms with Crippen molar-refractivity contribution in [3.63, 3.8) is 0 Å². The topological polar surface area (TPSA) is 51.6 Å². The molecule has 0 aliphatic carbocycles. The van der Waals surface area contributed by atoms with Gasteiger partial charge in [0.05, 0.1) is 22.6 Å². The highest BCUT2D eigenvalue weighted by molar-refractivity contribution is 7.08. The summed E-state index contributed by atoms with van der Waals surface area (Å²) < 4.78 is 8.01. The van der Waals surface area contributed by atoms with Crippen LogP contribution in [0.5, 0.6) is 0 Å². The molecular weight excluding hydrogens is 617 g/mol. The average molecular weight is 685 g/mol. The molecule has 4 aromatic heterocycles. The van der Waals surface area contributed by atoms with E-state index in [1.54, 1.807) is 22.7 Å². The SMILES string of the molecule is CC.CC.CC.CC.CC(C)(C)c1ccsc1.CC(C)(C)c1ccsn1.CC(C)(C)c1cscn1.CC(C)(C)c1csnn1. The zero-order chi connectivity index (χ0) is 35.6. The Morgan fingerprint density at radius 1 is 0.477 bits per heavy atom. The fourth-order valence-corrected chi connectivity index (χ4v) is 5.41. The number of rotatable bonds is 0. The Morgan fingerprint density at radius 2 is 0.977 bits per heavy atom. The molecule has 0 radical (unpaired) electrons. The summed E-state index contributed by atoms with van der Waals surface area (Å²) in [4.78, 5) is 4.21. The van der Waals surface area contributed by atoms with Crippen molar-refractivity contribution in [1.29, 1.82) is 0 Å². The molecule has 4 nitrogen and oxygen atoms in total. The van der Waals surface area contributed by atoms with Crippen LogP contribution in [0.25, 0.3) is 0 Å². The van der Waals surface area contributed by atoms with Crippen molar-refractivity contribution in [1.82, 2.24) is 18.9 Å². The van der Waals surface area contributed by atoms with E-state index in [2.05, 4.69) is 130 Å². The van der Waals surface area contributed by atoms with Gasteiger partial charge >= 0.3 is 0 Å². The summed E-state index contributed by atoms with van der Waals surface area (Å²) in [6.45, 7) is 42.1. The van der Waals surface area contributed by atoms with Crippen LogP contribution in [0.2, 0.25) is 0 Å². The van der Waals surface area contributed by atoms with Crippen molar-refractivity contribution in [3.8, 4) is 0 Å². The minimum absolute atomic E-state index is 0.160. The Balaban J connectivity index is -0.000000225. The number of thiophene rings is 1. The highest BCUT2D eigenvalue weighted by atomic mass is 32.1. The molecule has 0 saturated heterocycles. The van der Waals surface area contributed by atoms with Crippen LogP contribution in [0.15, 0.2) is 44.5 Å². The van der Waals surface area contributed by atoms with E-state index in [0.29, 0.717) is 5.41 Å². The van der Waals surface area contributed by atoms with Crippen LogP contribution in [0.3, 0.4) is 0 Å². The van der Waals surface area contributed by atoms with Crippen molar-refractivity contribution in [3.05, 3.63) is 67.2 Å². The first kappa shape index (κ1) is 49.4. The smallest absolute Gasteiger partial charge is 0.0808 e. The van der Waals surface area contributed by atoms with Crippen LogP contribution in [0, 0.1) is 0 Å². The molecule has 8 heteroatoms. The molecule has 256 valence electrons. The fourth-order valence-electron chi connectivity index (χ4n) is 2.37. The van der Waals surface area contributed by atoms with Gasteiger partial charge in [0.2, 0.25) is 0 Å². The van der Waals surface area contributed by atoms with Crippen LogP contribution >= 0.6 is 45.7 Å². The van der Waals surface area contributed by atoms with Crippen molar-refractivity contribution in [2.24, 2.45) is 0 Å². The largest absolute Gasteiger partial charge is 0.249 e. The van der Waals surface area contributed by atoms with Crippen molar-refractivity contribution < 1.29 is 0 Å². The molecule has 0 atom stereocenters. The molecule has 0 saturated carbocycles. The van der Waals surface area contributed by atoms with Gasteiger partial charge in [0, 0.05) is 32.4 Å². The Labute approximate surface area is 290 Å². The van der Waals surface area contributed by atoms with E-state index in [1.807, 2.05) is 71.7 Å². The van der Waals surface area contributed by atoms with E-state index >= 15 is 0 Å². The molecule has 0 aliphatic rings. The van der Waals surface area contributed by atoms with Gasteiger partial charge in [-0.1, -0.05) is 143 Å². The lowest BCUT2D eigenvalue weighted by atomic mass is 9.90. The monoisotopic (exact) mass is 684 g/mol. The second-order valence-corrected chi connectivity index (χ2v) is 15.3. The van der Waals surface area contributed by atoms with Crippen molar-refractivity contribution >= 4 is 45.7 Å². The predicted molar refractivity (Wildman–Crippen MR) is 209 cm³/mol. The lowest BCUT2D eigenvalue weighted by Gasteiger charge is -2.15. The number of nitrogens with zero attached hydrogens (tertiary/aromatic N) is 4. The van der Waals surface area contributed by atoms with E-state index in [0.717, 1.165) is 5.69 Å². The van der Waals surface area contributed by atoms with E-state index in [4.69, 9.17) is 0 Å². The normalized spacial score (nSPS) is 10.3. The number of thiazole rings is 1. The summed E-state index contributed by atoms with van der Waals surface area (Å²) in [5.74, 6) is 0. The predicted octanol–water partition coefficient (Wildman–Crippen LogP) is 13.9. The zero-order valence-corrected chi connectivity index (χ0v) is 35.3. The van der Waals surface area contributed by atoms with Gasteiger partial charge in [0.15, 0.2) is 0 Å². The molecule has 0 bridgehead atoms. The summed E-state index contributed by atoms with van der Waals surface area (Å²) in [6, 6.07) is 4.26. The molecule has 0 amide bonds. The third-order valence-electron chi connectivity index (χ3n) is 4.92. The fraction of sp³-hybridized carbons (Fsp3) is 0.667. The Kier molecular flexibility index (Phi) is 30.0. The second-order valence-electron chi connectivity index (χ2n) is 12.6. The van der Waals surface area contributed by atoms with Crippen LogP contribution in [0.4, 0.5) is 0 Å². The third-order valence-corrected chi connectivity index (χ3v) is 7.26. The van der Waals surface area contributed by atoms with Crippen LogP contribution in [0.1, 0.15) is 161 Å². The highest BCUT2D eigenvalue weighted by Gasteiger charge is 2.16. The first-order chi connectivity index (χ1) is 20.4. The molecule has 0 fully saturated rings. The Hall–Kier alpha value is -1.48. The van der Waals surface area contributed by atoms with Gasteiger partial charge in [0.1, 0.15) is 0 Å². The van der Waals surface area contributed by atoms with Crippen LogP contribution in [-0.4, -0.2) is 18.9 Å². The average Bonchev–Trinajstić information content (AvgIpc) is 3.79. The van der Waals surface area contributed by atoms with E-state index < -0.39 is 0 Å². The quantitative estimate of drug-likeness (QED) is 0.185. The van der Waals surface area contributed by atoms with Crippen molar-refractivity contribution in [2.75, 3.05) is 0 Å². The first-order valence-electron chi connectivity index (χ1n) is 16.0. The molecule has 0 spiro atoms. The van der Waals surface area contributed by atoms with E-state index in [1.165, 1.54) is 40.0 Å². The maximum absolute atomic E-state index is 4.23. The van der Waals surface area contributed by atoms with E-state index in [9.17, 15) is 0 Å². The van der Waals surface area contributed by atoms with Gasteiger partial charge in [-0.05, 0) is 56.9 Å². The molecule has 44 heavy (non-hydrogen) atoms. The van der Waals surface area contributed by atoms with Gasteiger partial charge in [-0.25, -0.2) is 4.98 Å². The van der Waals surface area contributed by atoms with Crippen LogP contribution < -0.4 is 0 Å². The highest BCUT2D eigenvalue weighted by Crippen LogP contribution is 2.24. The Morgan fingerprint density at radius 3 is 1.16 bits per heavy atom. The molecule has 0 unspecified atom stereocenters. The lowest BCUT2D eigenvalue weighted by Crippen LogP contribution is -2.11. The van der Waals surface area contributed by atoms with Gasteiger partial charge in [-0.3, -0.25) is 0 Å². The minimum atomic E-state index is 0.160. The van der Waals surface area contributed by atoms with Gasteiger partial charge in [-0.15, -0.1) is 16.4 Å². The summed E-state index contributed by atoms with van der Waals surface area (Å²) in [5, 5.41) is 14.4. The molecule has 4 aromatic rings. The molecule has 0 aliphatic heterocycles. The zero-order valence-electron chi connectivity index (χ0n) is 32.0. The summed E-state index contributed by atoms with van der Waals surface area (Å²) >= 11 is 6.34. The summed E-state index contributed by atoms with van der Waals surface area (Å²) in [6.07, 6.45) is 0. The van der Waals surface area contributed by atoms with Crippen molar-refractivity contribution in [2.45, 2.75) is 160 Å². The number of hydrogen-bond acceptors (Lipinski definition) is 8. The second kappa shape index (κ2) is 26.7. The molecule has 0 aromatic carbocycles. The van der Waals surface area contributed by atoms with Gasteiger partial charge in [-0.2, -0.15) is 15.7 Å². The maximum atomic E-state index is 4.23. The summed E-state index contributed by atoms with van der Waals surface area (Å²) in [5.41, 5.74) is 7.70. The third kappa shape index (κ3) is 24.8. The molecule has 4 heterocycles. The molecule has 4 rings (SSSR count). The molecular formula is C36H68N4S4. The lowest BCUT2D eigenvalue weighted by molar-refractivity contribution is 0.567.